The Kier molecular flexibility index (Phi) is 1.57. The molecule has 0 N–H and O–H groups in total. The summed E-state index contributed by atoms with van der Waals surface area (Å²) in [5.41, 5.74) is 0. The van der Waals surface area contributed by atoms with Crippen LogP contribution < -0.4 is 0 Å². The fraction of sp³-hybridized carbons (Fsp3) is 0.429. The van der Waals surface area contributed by atoms with Gasteiger partial charge in [-0.05, 0) is 30.8 Å². The average molecular weight is 141 g/mol. The van der Waals surface area contributed by atoms with Crippen molar-refractivity contribution in [3.8, 4) is 0 Å². The first-order valence-electron chi connectivity index (χ1n) is 3.07. The molecule has 0 saturated heterocycles. The zero-order chi connectivity index (χ0) is 6.91. The van der Waals surface area contributed by atoms with Crippen molar-refractivity contribution in [2.75, 3.05) is 0 Å². The van der Waals surface area contributed by atoms with E-state index in [1.807, 2.05) is 12.2 Å². The SMILES string of the molecule is C[Si](C)(F)C1=[C]CC=C1. The highest BCUT2D eigenvalue weighted by atomic mass is 28.4. The lowest BCUT2D eigenvalue weighted by Gasteiger charge is -2.08. The predicted octanol–water partition coefficient (Wildman–Crippen LogP) is 2.39. The van der Waals surface area contributed by atoms with Crippen molar-refractivity contribution in [3.05, 3.63) is 23.4 Å². The van der Waals surface area contributed by atoms with Crippen molar-refractivity contribution >= 4 is 8.41 Å². The van der Waals surface area contributed by atoms with Crippen molar-refractivity contribution in [1.82, 2.24) is 0 Å². The van der Waals surface area contributed by atoms with E-state index in [9.17, 15) is 4.11 Å². The zero-order valence-electron chi connectivity index (χ0n) is 5.74. The van der Waals surface area contributed by atoms with Gasteiger partial charge < -0.3 is 4.11 Å². The molecule has 0 spiro atoms. The summed E-state index contributed by atoms with van der Waals surface area (Å²) in [7, 11) is -2.51. The standard InChI is InChI=1S/C7H10FSi/c1-9(2,8)7-5-3-4-6-7/h3,5H,4H2,1-2H3. The highest BCUT2D eigenvalue weighted by Crippen LogP contribution is 2.21. The maximum absolute atomic E-state index is 13.1. The Morgan fingerprint density at radius 1 is 1.67 bits per heavy atom. The minimum Gasteiger partial charge on any atom is -0.308 e. The molecule has 0 nitrogen and oxygen atoms in total. The monoisotopic (exact) mass is 141 g/mol. The van der Waals surface area contributed by atoms with E-state index in [2.05, 4.69) is 6.08 Å². The Labute approximate surface area is 56.3 Å². The van der Waals surface area contributed by atoms with Crippen LogP contribution >= 0.6 is 0 Å². The molecule has 1 radical (unpaired) electrons. The van der Waals surface area contributed by atoms with Crippen LogP contribution in [-0.4, -0.2) is 8.41 Å². The first kappa shape index (κ1) is 6.74. The lowest BCUT2D eigenvalue weighted by molar-refractivity contribution is 0.814. The lowest BCUT2D eigenvalue weighted by Crippen LogP contribution is -2.20. The van der Waals surface area contributed by atoms with Crippen molar-refractivity contribution in [2.24, 2.45) is 0 Å². The van der Waals surface area contributed by atoms with Crippen LogP contribution in [0.3, 0.4) is 0 Å². The van der Waals surface area contributed by atoms with Crippen LogP contribution in [0.2, 0.25) is 13.1 Å². The van der Waals surface area contributed by atoms with Gasteiger partial charge in [0.2, 0.25) is 0 Å². The molecule has 9 heavy (non-hydrogen) atoms. The van der Waals surface area contributed by atoms with Gasteiger partial charge in [-0.2, -0.15) is 0 Å². The van der Waals surface area contributed by atoms with Crippen LogP contribution in [0.4, 0.5) is 4.11 Å². The summed E-state index contributed by atoms with van der Waals surface area (Å²) in [6, 6.07) is 0. The van der Waals surface area contributed by atoms with Gasteiger partial charge in [0, 0.05) is 0 Å². The summed E-state index contributed by atoms with van der Waals surface area (Å²) in [6.07, 6.45) is 7.59. The lowest BCUT2D eigenvalue weighted by atomic mass is 10.5. The molecular formula is C7H10FSi. The van der Waals surface area contributed by atoms with E-state index in [-0.39, 0.29) is 0 Å². The number of hydrogen-bond acceptors (Lipinski definition) is 0. The molecule has 0 aromatic rings. The third-order valence-electron chi connectivity index (χ3n) is 1.34. The second kappa shape index (κ2) is 2.10. The Hall–Kier alpha value is -0.373. The molecule has 0 fully saturated rings. The number of hydrogen-bond donors (Lipinski definition) is 0. The summed E-state index contributed by atoms with van der Waals surface area (Å²) >= 11 is 0. The normalized spacial score (nSPS) is 18.3. The van der Waals surface area contributed by atoms with Crippen LogP contribution in [0.25, 0.3) is 0 Å². The number of rotatable bonds is 1. The van der Waals surface area contributed by atoms with Gasteiger partial charge in [-0.15, -0.1) is 0 Å². The molecule has 2 heteroatoms. The topological polar surface area (TPSA) is 0 Å². The second-order valence-electron chi connectivity index (χ2n) is 2.67. The van der Waals surface area contributed by atoms with E-state index < -0.39 is 8.41 Å². The van der Waals surface area contributed by atoms with E-state index in [4.69, 9.17) is 0 Å². The van der Waals surface area contributed by atoms with Gasteiger partial charge in [-0.1, -0.05) is 12.2 Å². The summed E-state index contributed by atoms with van der Waals surface area (Å²) in [6.45, 7) is 3.37. The van der Waals surface area contributed by atoms with Gasteiger partial charge in [-0.25, -0.2) is 0 Å². The molecule has 0 aromatic carbocycles. The first-order chi connectivity index (χ1) is 4.11. The first-order valence-corrected chi connectivity index (χ1v) is 5.95. The van der Waals surface area contributed by atoms with Crippen molar-refractivity contribution < 1.29 is 4.11 Å². The molecule has 49 valence electrons. The third-order valence-corrected chi connectivity index (χ3v) is 2.96. The Balaban J connectivity index is 2.73. The van der Waals surface area contributed by atoms with Crippen LogP contribution in [0.15, 0.2) is 17.3 Å². The summed E-state index contributed by atoms with van der Waals surface area (Å²) in [5.74, 6) is 0. The quantitative estimate of drug-likeness (QED) is 0.388. The van der Waals surface area contributed by atoms with E-state index in [0.717, 1.165) is 11.6 Å². The summed E-state index contributed by atoms with van der Waals surface area (Å²) in [5, 5.41) is 0.822. The minimum atomic E-state index is -2.51. The molecule has 0 bridgehead atoms. The molecule has 0 heterocycles. The molecule has 0 aliphatic heterocycles. The third kappa shape index (κ3) is 1.51. The van der Waals surface area contributed by atoms with Crippen molar-refractivity contribution in [2.45, 2.75) is 19.5 Å². The van der Waals surface area contributed by atoms with Gasteiger partial charge in [0.05, 0.1) is 0 Å². The molecule has 0 atom stereocenters. The number of halogens is 1. The molecule has 1 aliphatic rings. The van der Waals surface area contributed by atoms with Gasteiger partial charge in [-0.3, -0.25) is 0 Å². The van der Waals surface area contributed by atoms with E-state index in [0.29, 0.717) is 0 Å². The fourth-order valence-corrected chi connectivity index (χ4v) is 1.85. The van der Waals surface area contributed by atoms with Gasteiger partial charge in [0.1, 0.15) is 0 Å². The molecular weight excluding hydrogens is 131 g/mol. The van der Waals surface area contributed by atoms with Crippen LogP contribution in [0.1, 0.15) is 6.42 Å². The molecule has 0 saturated carbocycles. The average Bonchev–Trinajstić information content (AvgIpc) is 2.08. The van der Waals surface area contributed by atoms with Crippen molar-refractivity contribution in [1.29, 1.82) is 0 Å². The summed E-state index contributed by atoms with van der Waals surface area (Å²) < 4.78 is 13.1. The molecule has 0 aromatic heterocycles. The Bertz CT molecular complexity index is 162. The van der Waals surface area contributed by atoms with Crippen LogP contribution in [0, 0.1) is 6.08 Å². The predicted molar refractivity (Wildman–Crippen MR) is 39.1 cm³/mol. The van der Waals surface area contributed by atoms with Crippen LogP contribution in [-0.2, 0) is 0 Å². The smallest absolute Gasteiger partial charge is 0.271 e. The summed E-state index contributed by atoms with van der Waals surface area (Å²) in [4.78, 5) is 0. The zero-order valence-corrected chi connectivity index (χ0v) is 6.74. The highest BCUT2D eigenvalue weighted by Gasteiger charge is 2.25. The number of allylic oxidation sites excluding steroid dienone is 4. The minimum absolute atomic E-state index is 0.801. The fourth-order valence-electron chi connectivity index (χ4n) is 0.813. The van der Waals surface area contributed by atoms with Gasteiger partial charge in [0.15, 0.2) is 0 Å². The maximum Gasteiger partial charge on any atom is 0.271 e. The Morgan fingerprint density at radius 3 is 2.56 bits per heavy atom. The van der Waals surface area contributed by atoms with E-state index >= 15 is 0 Å². The highest BCUT2D eigenvalue weighted by molar-refractivity contribution is 6.78. The molecule has 1 aliphatic carbocycles. The van der Waals surface area contributed by atoms with Crippen molar-refractivity contribution in [3.63, 3.8) is 0 Å². The van der Waals surface area contributed by atoms with E-state index in [1.165, 1.54) is 0 Å². The maximum atomic E-state index is 13.1. The van der Waals surface area contributed by atoms with Gasteiger partial charge >= 0.3 is 0 Å². The van der Waals surface area contributed by atoms with Gasteiger partial charge in [0.25, 0.3) is 8.41 Å². The van der Waals surface area contributed by atoms with Crippen LogP contribution in [0.5, 0.6) is 0 Å². The largest absolute Gasteiger partial charge is 0.308 e. The second-order valence-corrected chi connectivity index (χ2v) is 6.15. The Morgan fingerprint density at radius 2 is 2.33 bits per heavy atom. The molecule has 1 rings (SSSR count). The molecule has 0 amide bonds. The molecule has 0 unspecified atom stereocenters. The van der Waals surface area contributed by atoms with E-state index in [1.54, 1.807) is 13.1 Å².